The van der Waals surface area contributed by atoms with E-state index in [2.05, 4.69) is 10.3 Å². The van der Waals surface area contributed by atoms with E-state index in [0.29, 0.717) is 33.5 Å². The molecule has 0 radical (unpaired) electrons. The first-order valence-electron chi connectivity index (χ1n) is 5.40. The minimum absolute atomic E-state index is 0.349. The number of methoxy groups -OCH3 is 1. The molecule has 1 heterocycles. The third kappa shape index (κ3) is 2.87. The van der Waals surface area contributed by atoms with E-state index < -0.39 is 0 Å². The average molecular weight is 275 g/mol. The van der Waals surface area contributed by atoms with Crippen LogP contribution in [0, 0.1) is 11.3 Å². The third-order valence-corrected chi connectivity index (χ3v) is 2.68. The molecular weight excluding hydrogens is 264 g/mol. The minimum Gasteiger partial charge on any atom is -0.495 e. The Labute approximate surface area is 115 Å². The van der Waals surface area contributed by atoms with Gasteiger partial charge in [0.15, 0.2) is 0 Å². The Bertz CT molecular complexity index is 652. The van der Waals surface area contributed by atoms with Crippen LogP contribution in [0.4, 0.5) is 17.2 Å². The molecule has 0 bridgehead atoms. The number of anilines is 3. The fraction of sp³-hybridized carbons (Fsp3) is 0.0769. The van der Waals surface area contributed by atoms with Crippen molar-refractivity contribution >= 4 is 28.8 Å². The van der Waals surface area contributed by atoms with Crippen LogP contribution in [0.1, 0.15) is 5.56 Å². The Morgan fingerprint density at radius 1 is 1.42 bits per heavy atom. The lowest BCUT2D eigenvalue weighted by Crippen LogP contribution is -2.00. The van der Waals surface area contributed by atoms with Gasteiger partial charge in [-0.2, -0.15) is 5.26 Å². The summed E-state index contributed by atoms with van der Waals surface area (Å²) in [4.78, 5) is 4.09. The molecule has 0 aliphatic rings. The molecule has 96 valence electrons. The van der Waals surface area contributed by atoms with Gasteiger partial charge in [0.2, 0.25) is 0 Å². The first-order valence-corrected chi connectivity index (χ1v) is 5.78. The number of ether oxygens (including phenoxy) is 1. The highest BCUT2D eigenvalue weighted by molar-refractivity contribution is 6.31. The summed E-state index contributed by atoms with van der Waals surface area (Å²) in [6.07, 6.45) is 1.47. The van der Waals surface area contributed by atoms with Crippen molar-refractivity contribution in [1.82, 2.24) is 4.98 Å². The Hall–Kier alpha value is -2.45. The summed E-state index contributed by atoms with van der Waals surface area (Å²) in [7, 11) is 1.55. The second-order valence-corrected chi connectivity index (χ2v) is 4.18. The molecule has 0 aliphatic heterocycles. The van der Waals surface area contributed by atoms with Crippen LogP contribution in [-0.2, 0) is 0 Å². The fourth-order valence-electron chi connectivity index (χ4n) is 1.57. The molecule has 0 aliphatic carbocycles. The quantitative estimate of drug-likeness (QED) is 0.899. The number of hydrogen-bond acceptors (Lipinski definition) is 5. The van der Waals surface area contributed by atoms with Gasteiger partial charge in [0.05, 0.1) is 30.2 Å². The van der Waals surface area contributed by atoms with Gasteiger partial charge in [-0.3, -0.25) is 0 Å². The Morgan fingerprint density at radius 2 is 2.21 bits per heavy atom. The van der Waals surface area contributed by atoms with Crippen LogP contribution in [0.25, 0.3) is 0 Å². The van der Waals surface area contributed by atoms with Crippen LogP contribution < -0.4 is 15.8 Å². The number of nitriles is 1. The lowest BCUT2D eigenvalue weighted by atomic mass is 10.2. The molecule has 19 heavy (non-hydrogen) atoms. The number of hydrogen-bond donors (Lipinski definition) is 2. The molecule has 0 saturated carbocycles. The van der Waals surface area contributed by atoms with Gasteiger partial charge in [0.1, 0.15) is 17.6 Å². The number of halogens is 1. The Morgan fingerprint density at radius 3 is 2.89 bits per heavy atom. The third-order valence-electron chi connectivity index (χ3n) is 2.44. The van der Waals surface area contributed by atoms with Gasteiger partial charge < -0.3 is 15.8 Å². The number of aromatic nitrogens is 1. The molecule has 1 aromatic heterocycles. The van der Waals surface area contributed by atoms with E-state index in [4.69, 9.17) is 27.3 Å². The summed E-state index contributed by atoms with van der Waals surface area (Å²) >= 11 is 5.94. The Balaban J connectivity index is 2.41. The zero-order valence-corrected chi connectivity index (χ0v) is 10.9. The average Bonchev–Trinajstić information content (AvgIpc) is 2.41. The van der Waals surface area contributed by atoms with Gasteiger partial charge >= 0.3 is 0 Å². The molecule has 1 aromatic carbocycles. The standard InChI is InChI=1S/C13H11ClN4O/c1-19-12-3-2-9(14)5-11(12)18-13-8(6-15)4-10(16)7-17-13/h2-5,7H,16H2,1H3,(H,17,18). The van der Waals surface area contributed by atoms with Gasteiger partial charge in [-0.25, -0.2) is 4.98 Å². The molecule has 0 spiro atoms. The van der Waals surface area contributed by atoms with Gasteiger partial charge in [0, 0.05) is 5.02 Å². The fourth-order valence-corrected chi connectivity index (χ4v) is 1.74. The first-order chi connectivity index (χ1) is 9.13. The highest BCUT2D eigenvalue weighted by Gasteiger charge is 2.09. The van der Waals surface area contributed by atoms with Gasteiger partial charge in [-0.05, 0) is 24.3 Å². The van der Waals surface area contributed by atoms with Crippen LogP contribution >= 0.6 is 11.6 Å². The highest BCUT2D eigenvalue weighted by Crippen LogP contribution is 2.31. The predicted octanol–water partition coefficient (Wildman–Crippen LogP) is 2.94. The van der Waals surface area contributed by atoms with Gasteiger partial charge in [-0.1, -0.05) is 11.6 Å². The normalized spacial score (nSPS) is 9.74. The monoisotopic (exact) mass is 274 g/mol. The van der Waals surface area contributed by atoms with Crippen LogP contribution in [0.15, 0.2) is 30.5 Å². The molecule has 5 nitrogen and oxygen atoms in total. The maximum atomic E-state index is 9.06. The van der Waals surface area contributed by atoms with Crippen molar-refractivity contribution in [3.63, 3.8) is 0 Å². The van der Waals surface area contributed by atoms with Crippen molar-refractivity contribution in [2.24, 2.45) is 0 Å². The zero-order valence-electron chi connectivity index (χ0n) is 10.1. The molecule has 0 fully saturated rings. The highest BCUT2D eigenvalue weighted by atomic mass is 35.5. The van der Waals surface area contributed by atoms with Crippen molar-refractivity contribution in [2.75, 3.05) is 18.2 Å². The Kier molecular flexibility index (Phi) is 3.74. The molecule has 0 unspecified atom stereocenters. The van der Waals surface area contributed by atoms with Gasteiger partial charge in [0.25, 0.3) is 0 Å². The smallest absolute Gasteiger partial charge is 0.148 e. The lowest BCUT2D eigenvalue weighted by molar-refractivity contribution is 0.417. The second-order valence-electron chi connectivity index (χ2n) is 3.75. The minimum atomic E-state index is 0.349. The number of rotatable bonds is 3. The topological polar surface area (TPSA) is 84.0 Å². The summed E-state index contributed by atoms with van der Waals surface area (Å²) in [6.45, 7) is 0. The maximum absolute atomic E-state index is 9.06. The van der Waals surface area contributed by atoms with Crippen molar-refractivity contribution in [3.05, 3.63) is 41.0 Å². The van der Waals surface area contributed by atoms with E-state index in [0.717, 1.165) is 0 Å². The van der Waals surface area contributed by atoms with Crippen LogP contribution in [0.5, 0.6) is 5.75 Å². The molecule has 6 heteroatoms. The first kappa shape index (κ1) is 13.0. The number of benzene rings is 1. The second kappa shape index (κ2) is 5.46. The largest absolute Gasteiger partial charge is 0.495 e. The maximum Gasteiger partial charge on any atom is 0.148 e. The van der Waals surface area contributed by atoms with E-state index in [1.165, 1.54) is 6.20 Å². The molecule has 2 aromatic rings. The number of pyridine rings is 1. The van der Waals surface area contributed by atoms with E-state index in [1.807, 2.05) is 6.07 Å². The van der Waals surface area contributed by atoms with Crippen LogP contribution in [0.2, 0.25) is 5.02 Å². The van der Waals surface area contributed by atoms with E-state index in [1.54, 1.807) is 31.4 Å². The van der Waals surface area contributed by atoms with Gasteiger partial charge in [-0.15, -0.1) is 0 Å². The number of nitrogens with one attached hydrogen (secondary N) is 1. The molecule has 2 rings (SSSR count). The van der Waals surface area contributed by atoms with E-state index in [-0.39, 0.29) is 0 Å². The summed E-state index contributed by atoms with van der Waals surface area (Å²) < 4.78 is 5.21. The zero-order chi connectivity index (χ0) is 13.8. The van der Waals surface area contributed by atoms with Crippen LogP contribution in [0.3, 0.4) is 0 Å². The van der Waals surface area contributed by atoms with E-state index >= 15 is 0 Å². The van der Waals surface area contributed by atoms with Crippen molar-refractivity contribution < 1.29 is 4.74 Å². The predicted molar refractivity (Wildman–Crippen MR) is 74.7 cm³/mol. The molecular formula is C13H11ClN4O. The summed E-state index contributed by atoms with van der Waals surface area (Å²) in [6, 6.07) is 8.72. The van der Waals surface area contributed by atoms with Crippen LogP contribution in [-0.4, -0.2) is 12.1 Å². The summed E-state index contributed by atoms with van der Waals surface area (Å²) in [5, 5.41) is 12.6. The molecule has 0 amide bonds. The molecule has 0 atom stereocenters. The number of nitrogens with zero attached hydrogens (tertiary/aromatic N) is 2. The number of nitrogen functional groups attached to an aromatic ring is 1. The summed E-state index contributed by atoms with van der Waals surface area (Å²) in [5.41, 5.74) is 7.00. The summed E-state index contributed by atoms with van der Waals surface area (Å²) in [5.74, 6) is 1.00. The molecule has 3 N–H and O–H groups in total. The number of nitrogens with two attached hydrogens (primary N) is 1. The lowest BCUT2D eigenvalue weighted by Gasteiger charge is -2.12. The van der Waals surface area contributed by atoms with Crippen molar-refractivity contribution in [2.45, 2.75) is 0 Å². The van der Waals surface area contributed by atoms with E-state index in [9.17, 15) is 0 Å². The van der Waals surface area contributed by atoms with Crippen molar-refractivity contribution in [3.8, 4) is 11.8 Å². The SMILES string of the molecule is COc1ccc(Cl)cc1Nc1ncc(N)cc1C#N. The van der Waals surface area contributed by atoms with Crippen molar-refractivity contribution in [1.29, 1.82) is 5.26 Å². The molecule has 0 saturated heterocycles.